The molecule has 2 unspecified atom stereocenters. The zero-order chi connectivity index (χ0) is 13.8. The average molecular weight is 262 g/mol. The molecule has 3 N–H and O–H groups in total. The van der Waals surface area contributed by atoms with Gasteiger partial charge in [0.15, 0.2) is 0 Å². The van der Waals surface area contributed by atoms with Crippen molar-refractivity contribution in [3.05, 3.63) is 29.6 Å². The SMILES string of the molecule is O=C(c1ccc(C#CCO)cn1)N1CC(O)C(O)C1. The fourth-order valence-electron chi connectivity index (χ4n) is 1.83. The van der Waals surface area contributed by atoms with Crippen LogP contribution < -0.4 is 0 Å². The first-order valence-electron chi connectivity index (χ1n) is 5.83. The Morgan fingerprint density at radius 1 is 1.37 bits per heavy atom. The molecule has 1 amide bonds. The predicted molar refractivity (Wildman–Crippen MR) is 66.1 cm³/mol. The van der Waals surface area contributed by atoms with E-state index in [1.165, 1.54) is 17.2 Å². The number of nitrogens with zero attached hydrogens (tertiary/aromatic N) is 2. The molecule has 0 bridgehead atoms. The lowest BCUT2D eigenvalue weighted by molar-refractivity contribution is 0.0572. The second-order valence-electron chi connectivity index (χ2n) is 4.24. The van der Waals surface area contributed by atoms with Crippen molar-refractivity contribution in [3.8, 4) is 11.8 Å². The van der Waals surface area contributed by atoms with Gasteiger partial charge in [-0.25, -0.2) is 4.98 Å². The minimum absolute atomic E-state index is 0.105. The summed E-state index contributed by atoms with van der Waals surface area (Å²) in [5.74, 6) is 4.82. The highest BCUT2D eigenvalue weighted by molar-refractivity contribution is 5.92. The summed E-state index contributed by atoms with van der Waals surface area (Å²) in [7, 11) is 0. The number of aromatic nitrogens is 1. The maximum atomic E-state index is 12.0. The van der Waals surface area contributed by atoms with Crippen LogP contribution in [0.25, 0.3) is 0 Å². The fraction of sp³-hybridized carbons (Fsp3) is 0.385. The normalized spacial score (nSPS) is 21.9. The van der Waals surface area contributed by atoms with Gasteiger partial charge < -0.3 is 20.2 Å². The molecule has 1 aliphatic rings. The van der Waals surface area contributed by atoms with Crippen LogP contribution in [-0.4, -0.2) is 63.0 Å². The number of hydrogen-bond donors (Lipinski definition) is 3. The molecule has 6 heteroatoms. The van der Waals surface area contributed by atoms with Crippen molar-refractivity contribution in [3.63, 3.8) is 0 Å². The van der Waals surface area contributed by atoms with E-state index >= 15 is 0 Å². The first-order chi connectivity index (χ1) is 9.11. The minimum atomic E-state index is -0.904. The number of aliphatic hydroxyl groups excluding tert-OH is 3. The molecule has 0 spiro atoms. The Bertz CT molecular complexity index is 508. The number of amides is 1. The third kappa shape index (κ3) is 3.09. The van der Waals surface area contributed by atoms with E-state index in [0.29, 0.717) is 5.56 Å². The first-order valence-corrected chi connectivity index (χ1v) is 5.83. The monoisotopic (exact) mass is 262 g/mol. The summed E-state index contributed by atoms with van der Waals surface area (Å²) >= 11 is 0. The van der Waals surface area contributed by atoms with Crippen LogP contribution in [0.3, 0.4) is 0 Å². The number of carbonyl (C=O) groups is 1. The molecule has 1 saturated heterocycles. The molecule has 0 aliphatic carbocycles. The van der Waals surface area contributed by atoms with Gasteiger partial charge in [0.05, 0.1) is 12.2 Å². The average Bonchev–Trinajstić information content (AvgIpc) is 2.76. The largest absolute Gasteiger partial charge is 0.388 e. The number of hydrogen-bond acceptors (Lipinski definition) is 5. The third-order valence-electron chi connectivity index (χ3n) is 2.84. The number of β-amino-alcohol motifs (C(OH)–C–C–N with tert-alkyl or cyclic N) is 2. The molecule has 6 nitrogen and oxygen atoms in total. The highest BCUT2D eigenvalue weighted by atomic mass is 16.3. The van der Waals surface area contributed by atoms with Crippen LogP contribution in [0, 0.1) is 11.8 Å². The van der Waals surface area contributed by atoms with E-state index in [4.69, 9.17) is 5.11 Å². The van der Waals surface area contributed by atoms with E-state index in [0.717, 1.165) is 0 Å². The maximum absolute atomic E-state index is 12.0. The molecule has 0 saturated carbocycles. The lowest BCUT2D eigenvalue weighted by Crippen LogP contribution is -2.30. The van der Waals surface area contributed by atoms with E-state index < -0.39 is 12.2 Å². The van der Waals surface area contributed by atoms with Crippen LogP contribution in [0.4, 0.5) is 0 Å². The number of carbonyl (C=O) groups excluding carboxylic acids is 1. The van der Waals surface area contributed by atoms with Gasteiger partial charge in [-0.1, -0.05) is 11.8 Å². The summed E-state index contributed by atoms with van der Waals surface area (Å²) in [5, 5.41) is 27.4. The summed E-state index contributed by atoms with van der Waals surface area (Å²) in [5.41, 5.74) is 0.836. The smallest absolute Gasteiger partial charge is 0.272 e. The second-order valence-corrected chi connectivity index (χ2v) is 4.24. The summed E-state index contributed by atoms with van der Waals surface area (Å²) in [6, 6.07) is 3.16. The molecule has 1 aromatic heterocycles. The van der Waals surface area contributed by atoms with Crippen molar-refractivity contribution in [1.82, 2.24) is 9.88 Å². The lowest BCUT2D eigenvalue weighted by atomic mass is 10.2. The molecule has 2 rings (SSSR count). The summed E-state index contributed by atoms with van der Waals surface area (Å²) in [6.45, 7) is -0.0221. The number of aliphatic hydroxyl groups is 3. The zero-order valence-electron chi connectivity index (χ0n) is 10.2. The Morgan fingerprint density at radius 3 is 2.58 bits per heavy atom. The van der Waals surface area contributed by atoms with Gasteiger partial charge >= 0.3 is 0 Å². The molecule has 1 fully saturated rings. The lowest BCUT2D eigenvalue weighted by Gasteiger charge is -2.14. The Hall–Kier alpha value is -1.94. The van der Waals surface area contributed by atoms with Gasteiger partial charge in [0.1, 0.15) is 12.3 Å². The topological polar surface area (TPSA) is 93.9 Å². The fourth-order valence-corrected chi connectivity index (χ4v) is 1.83. The summed E-state index contributed by atoms with van der Waals surface area (Å²) < 4.78 is 0. The van der Waals surface area contributed by atoms with E-state index in [9.17, 15) is 15.0 Å². The van der Waals surface area contributed by atoms with Crippen molar-refractivity contribution in [2.24, 2.45) is 0 Å². The van der Waals surface area contributed by atoms with Crippen molar-refractivity contribution in [1.29, 1.82) is 0 Å². The highest BCUT2D eigenvalue weighted by Crippen LogP contribution is 2.13. The van der Waals surface area contributed by atoms with Crippen LogP contribution in [-0.2, 0) is 0 Å². The van der Waals surface area contributed by atoms with Crippen LogP contribution >= 0.6 is 0 Å². The van der Waals surface area contributed by atoms with E-state index in [1.807, 2.05) is 0 Å². The molecule has 1 aliphatic heterocycles. The Kier molecular flexibility index (Phi) is 4.12. The highest BCUT2D eigenvalue weighted by Gasteiger charge is 2.33. The van der Waals surface area contributed by atoms with E-state index in [2.05, 4.69) is 16.8 Å². The molecule has 1 aromatic rings. The summed E-state index contributed by atoms with van der Waals surface area (Å²) in [6.07, 6.45) is -0.365. The van der Waals surface area contributed by atoms with Crippen molar-refractivity contribution < 1.29 is 20.1 Å². The molecule has 2 atom stereocenters. The van der Waals surface area contributed by atoms with Crippen LogP contribution in [0.15, 0.2) is 18.3 Å². The Labute approximate surface area is 110 Å². The first kappa shape index (κ1) is 13.5. The molecular weight excluding hydrogens is 248 g/mol. The molecule has 2 heterocycles. The van der Waals surface area contributed by atoms with Gasteiger partial charge in [-0.15, -0.1) is 0 Å². The Balaban J connectivity index is 2.08. The summed E-state index contributed by atoms with van der Waals surface area (Å²) in [4.78, 5) is 17.4. The van der Waals surface area contributed by atoms with Gasteiger partial charge in [0, 0.05) is 24.8 Å². The molecule has 0 radical (unpaired) electrons. The van der Waals surface area contributed by atoms with Crippen LogP contribution in [0.2, 0.25) is 0 Å². The van der Waals surface area contributed by atoms with E-state index in [1.54, 1.807) is 6.07 Å². The molecule has 0 aromatic carbocycles. The predicted octanol–water partition coefficient (Wildman–Crippen LogP) is -1.40. The standard InChI is InChI=1S/C13H14N2O4/c16-5-1-2-9-3-4-10(14-6-9)13(19)15-7-11(17)12(18)8-15/h3-4,6,11-12,16-18H,5,7-8H2. The van der Waals surface area contributed by atoms with Gasteiger partial charge in [-0.3, -0.25) is 4.79 Å². The van der Waals surface area contributed by atoms with Gasteiger partial charge in [0.25, 0.3) is 5.91 Å². The van der Waals surface area contributed by atoms with Crippen LogP contribution in [0.5, 0.6) is 0 Å². The third-order valence-corrected chi connectivity index (χ3v) is 2.84. The second kappa shape index (κ2) is 5.80. The molecule has 100 valence electrons. The van der Waals surface area contributed by atoms with E-state index in [-0.39, 0.29) is 31.3 Å². The maximum Gasteiger partial charge on any atom is 0.272 e. The minimum Gasteiger partial charge on any atom is -0.388 e. The number of pyridine rings is 1. The van der Waals surface area contributed by atoms with Gasteiger partial charge in [0.2, 0.25) is 0 Å². The number of likely N-dealkylation sites (tertiary alicyclic amines) is 1. The quantitative estimate of drug-likeness (QED) is 0.541. The van der Waals surface area contributed by atoms with Crippen LogP contribution in [0.1, 0.15) is 16.1 Å². The number of rotatable bonds is 1. The Morgan fingerprint density at radius 2 is 2.05 bits per heavy atom. The zero-order valence-corrected chi connectivity index (χ0v) is 10.2. The van der Waals surface area contributed by atoms with Crippen molar-refractivity contribution in [2.75, 3.05) is 19.7 Å². The molecule has 19 heavy (non-hydrogen) atoms. The van der Waals surface area contributed by atoms with Crippen molar-refractivity contribution >= 4 is 5.91 Å². The van der Waals surface area contributed by atoms with Gasteiger partial charge in [-0.05, 0) is 12.1 Å². The molecular formula is C13H14N2O4. The van der Waals surface area contributed by atoms with Crippen molar-refractivity contribution in [2.45, 2.75) is 12.2 Å². The van der Waals surface area contributed by atoms with Gasteiger partial charge in [-0.2, -0.15) is 0 Å².